The van der Waals surface area contributed by atoms with Gasteiger partial charge in [-0.3, -0.25) is 0 Å². The van der Waals surface area contributed by atoms with Crippen molar-refractivity contribution < 1.29 is 0 Å². The van der Waals surface area contributed by atoms with Gasteiger partial charge in [-0.1, -0.05) is 86.3 Å². The summed E-state index contributed by atoms with van der Waals surface area (Å²) in [5.41, 5.74) is 8.92. The summed E-state index contributed by atoms with van der Waals surface area (Å²) in [4.78, 5) is 0. The molecule has 3 aromatic carbocycles. The highest BCUT2D eigenvalue weighted by Gasteiger charge is 2.05. The van der Waals surface area contributed by atoms with Crippen LogP contribution in [0, 0.1) is 6.92 Å². The molecule has 0 saturated carbocycles. The van der Waals surface area contributed by atoms with Crippen molar-refractivity contribution in [2.45, 2.75) is 20.3 Å². The molecular formula is C23H22. The van der Waals surface area contributed by atoms with Crippen LogP contribution in [0.15, 0.2) is 73.3 Å². The molecule has 0 heteroatoms. The summed E-state index contributed by atoms with van der Waals surface area (Å²) in [6, 6.07) is 24.1. The summed E-state index contributed by atoms with van der Waals surface area (Å²) in [5, 5.41) is 0. The van der Waals surface area contributed by atoms with E-state index in [0.717, 1.165) is 12.0 Å². The summed E-state index contributed by atoms with van der Waals surface area (Å²) in [6.07, 6.45) is 2.96. The van der Waals surface area contributed by atoms with Crippen LogP contribution in [-0.4, -0.2) is 0 Å². The zero-order valence-electron chi connectivity index (χ0n) is 13.8. The standard InChI is InChI=1S/C23H22/c1-4-18-6-10-20(11-7-18)22-14-15-23(17(3)16-22)21-12-8-19(5-2)9-13-21/h4,6-16H,1,5H2,2-3H3. The lowest BCUT2D eigenvalue weighted by Crippen LogP contribution is -1.87. The van der Waals surface area contributed by atoms with Gasteiger partial charge < -0.3 is 0 Å². The van der Waals surface area contributed by atoms with Crippen molar-refractivity contribution in [3.8, 4) is 22.3 Å². The minimum Gasteiger partial charge on any atom is -0.0985 e. The molecule has 0 fully saturated rings. The van der Waals surface area contributed by atoms with Gasteiger partial charge in [0, 0.05) is 0 Å². The van der Waals surface area contributed by atoms with E-state index in [1.54, 1.807) is 0 Å². The molecule has 0 radical (unpaired) electrons. The van der Waals surface area contributed by atoms with Crippen molar-refractivity contribution in [1.29, 1.82) is 0 Å². The van der Waals surface area contributed by atoms with Gasteiger partial charge in [-0.15, -0.1) is 0 Å². The highest BCUT2D eigenvalue weighted by Crippen LogP contribution is 2.29. The molecule has 0 spiro atoms. The van der Waals surface area contributed by atoms with Gasteiger partial charge in [-0.05, 0) is 52.3 Å². The quantitative estimate of drug-likeness (QED) is 0.513. The van der Waals surface area contributed by atoms with Crippen LogP contribution in [0.4, 0.5) is 0 Å². The zero-order chi connectivity index (χ0) is 16.2. The molecule has 0 unspecified atom stereocenters. The summed E-state index contributed by atoms with van der Waals surface area (Å²) in [7, 11) is 0. The Balaban J connectivity index is 1.94. The topological polar surface area (TPSA) is 0 Å². The molecule has 23 heavy (non-hydrogen) atoms. The number of aryl methyl sites for hydroxylation is 2. The summed E-state index contributed by atoms with van der Waals surface area (Å²) >= 11 is 0. The van der Waals surface area contributed by atoms with E-state index in [1.807, 2.05) is 6.08 Å². The van der Waals surface area contributed by atoms with Gasteiger partial charge >= 0.3 is 0 Å². The third kappa shape index (κ3) is 3.27. The Morgan fingerprint density at radius 2 is 1.39 bits per heavy atom. The smallest absolute Gasteiger partial charge is 0.0154 e. The molecule has 0 amide bonds. The second-order valence-electron chi connectivity index (χ2n) is 5.91. The first kappa shape index (κ1) is 15.3. The second kappa shape index (κ2) is 6.66. The van der Waals surface area contributed by atoms with E-state index in [-0.39, 0.29) is 0 Å². The van der Waals surface area contributed by atoms with Crippen LogP contribution in [0.2, 0.25) is 0 Å². The van der Waals surface area contributed by atoms with Gasteiger partial charge in [0.1, 0.15) is 0 Å². The van der Waals surface area contributed by atoms with E-state index in [4.69, 9.17) is 0 Å². The van der Waals surface area contributed by atoms with Gasteiger partial charge in [0.05, 0.1) is 0 Å². The fraction of sp³-hybridized carbons (Fsp3) is 0.130. The van der Waals surface area contributed by atoms with Crippen LogP contribution in [-0.2, 0) is 6.42 Å². The monoisotopic (exact) mass is 298 g/mol. The Kier molecular flexibility index (Phi) is 4.43. The van der Waals surface area contributed by atoms with Gasteiger partial charge in [-0.25, -0.2) is 0 Å². The number of benzene rings is 3. The number of rotatable bonds is 4. The third-order valence-electron chi connectivity index (χ3n) is 4.38. The van der Waals surface area contributed by atoms with Crippen molar-refractivity contribution in [2.24, 2.45) is 0 Å². The SMILES string of the molecule is C=Cc1ccc(-c2ccc(-c3ccc(CC)cc3)c(C)c2)cc1. The largest absolute Gasteiger partial charge is 0.0985 e. The first-order valence-corrected chi connectivity index (χ1v) is 8.14. The van der Waals surface area contributed by atoms with Gasteiger partial charge in [0.2, 0.25) is 0 Å². The lowest BCUT2D eigenvalue weighted by Gasteiger charge is -2.10. The van der Waals surface area contributed by atoms with E-state index in [1.165, 1.54) is 33.4 Å². The maximum atomic E-state index is 3.80. The Labute approximate surface area is 139 Å². The Morgan fingerprint density at radius 3 is 1.96 bits per heavy atom. The van der Waals surface area contributed by atoms with Crippen molar-refractivity contribution in [2.75, 3.05) is 0 Å². The maximum absolute atomic E-state index is 3.80. The predicted molar refractivity (Wildman–Crippen MR) is 102 cm³/mol. The van der Waals surface area contributed by atoms with Crippen LogP contribution in [0.25, 0.3) is 28.3 Å². The molecule has 0 atom stereocenters. The minimum atomic E-state index is 1.08. The lowest BCUT2D eigenvalue weighted by atomic mass is 9.95. The first-order chi connectivity index (χ1) is 11.2. The molecule has 3 rings (SSSR count). The fourth-order valence-electron chi connectivity index (χ4n) is 2.90. The minimum absolute atomic E-state index is 1.08. The molecule has 0 saturated heterocycles. The molecule has 0 nitrogen and oxygen atoms in total. The van der Waals surface area contributed by atoms with Gasteiger partial charge in [0.25, 0.3) is 0 Å². The lowest BCUT2D eigenvalue weighted by molar-refractivity contribution is 1.14. The molecule has 0 aliphatic rings. The van der Waals surface area contributed by atoms with E-state index in [9.17, 15) is 0 Å². The van der Waals surface area contributed by atoms with Crippen LogP contribution in [0.5, 0.6) is 0 Å². The molecule has 0 aliphatic carbocycles. The van der Waals surface area contributed by atoms with Crippen molar-refractivity contribution in [1.82, 2.24) is 0 Å². The predicted octanol–water partition coefficient (Wildman–Crippen LogP) is 6.53. The third-order valence-corrected chi connectivity index (χ3v) is 4.38. The summed E-state index contributed by atoms with van der Waals surface area (Å²) < 4.78 is 0. The average molecular weight is 298 g/mol. The van der Waals surface area contributed by atoms with E-state index in [0.29, 0.717) is 0 Å². The number of hydrogen-bond acceptors (Lipinski definition) is 0. The van der Waals surface area contributed by atoms with Crippen LogP contribution in [0.1, 0.15) is 23.6 Å². The second-order valence-corrected chi connectivity index (χ2v) is 5.91. The summed E-state index contributed by atoms with van der Waals surface area (Å²) in [6.45, 7) is 8.18. The molecule has 0 bridgehead atoms. The van der Waals surface area contributed by atoms with Crippen LogP contribution < -0.4 is 0 Å². The van der Waals surface area contributed by atoms with Crippen LogP contribution >= 0.6 is 0 Å². The van der Waals surface area contributed by atoms with Crippen LogP contribution in [0.3, 0.4) is 0 Å². The highest BCUT2D eigenvalue weighted by atomic mass is 14.1. The molecule has 0 aliphatic heterocycles. The van der Waals surface area contributed by atoms with Crippen molar-refractivity contribution >= 4 is 6.08 Å². The Bertz CT molecular complexity index is 806. The van der Waals surface area contributed by atoms with Gasteiger partial charge in [-0.2, -0.15) is 0 Å². The molecule has 0 N–H and O–H groups in total. The first-order valence-electron chi connectivity index (χ1n) is 8.14. The zero-order valence-corrected chi connectivity index (χ0v) is 13.8. The van der Waals surface area contributed by atoms with E-state index in [2.05, 4.69) is 87.2 Å². The summed E-state index contributed by atoms with van der Waals surface area (Å²) in [5.74, 6) is 0. The van der Waals surface area contributed by atoms with Gasteiger partial charge in [0.15, 0.2) is 0 Å². The molecular weight excluding hydrogens is 276 g/mol. The molecule has 0 heterocycles. The van der Waals surface area contributed by atoms with Crippen molar-refractivity contribution in [3.05, 3.63) is 90.0 Å². The normalized spacial score (nSPS) is 10.5. The molecule has 0 aromatic heterocycles. The highest BCUT2D eigenvalue weighted by molar-refractivity contribution is 5.74. The fourth-order valence-corrected chi connectivity index (χ4v) is 2.90. The Hall–Kier alpha value is -2.60. The van der Waals surface area contributed by atoms with E-state index < -0.39 is 0 Å². The maximum Gasteiger partial charge on any atom is -0.0154 e. The van der Waals surface area contributed by atoms with Crippen molar-refractivity contribution in [3.63, 3.8) is 0 Å². The molecule has 114 valence electrons. The van der Waals surface area contributed by atoms with E-state index >= 15 is 0 Å². The number of hydrogen-bond donors (Lipinski definition) is 0. The average Bonchev–Trinajstić information content (AvgIpc) is 2.62. The Morgan fingerprint density at radius 1 is 0.783 bits per heavy atom. The molecule has 3 aromatic rings.